The number of aromatic nitrogens is 2. The zero-order valence-electron chi connectivity index (χ0n) is 15.0. The summed E-state index contributed by atoms with van der Waals surface area (Å²) in [7, 11) is 3.59. The zero-order valence-corrected chi connectivity index (χ0v) is 15.0. The summed E-state index contributed by atoms with van der Waals surface area (Å²) in [4.78, 5) is 12.6. The fourth-order valence-electron chi connectivity index (χ4n) is 2.87. The summed E-state index contributed by atoms with van der Waals surface area (Å²) in [5, 5.41) is 10.2. The van der Waals surface area contributed by atoms with Crippen molar-refractivity contribution < 1.29 is 14.3 Å². The number of rotatable bonds is 6. The van der Waals surface area contributed by atoms with E-state index in [1.54, 1.807) is 17.9 Å². The van der Waals surface area contributed by atoms with Gasteiger partial charge in [-0.15, -0.1) is 0 Å². The highest BCUT2D eigenvalue weighted by atomic mass is 16.7. The number of hydrogen-bond acceptors (Lipinski definition) is 5. The fourth-order valence-corrected chi connectivity index (χ4v) is 2.87. The van der Waals surface area contributed by atoms with E-state index in [1.165, 1.54) is 0 Å². The smallest absolute Gasteiger partial charge is 0.241 e. The van der Waals surface area contributed by atoms with Crippen molar-refractivity contribution in [3.63, 3.8) is 0 Å². The van der Waals surface area contributed by atoms with Crippen LogP contribution >= 0.6 is 0 Å². The topological polar surface area (TPSA) is 77.4 Å². The molecule has 2 heterocycles. The Morgan fingerprint density at radius 3 is 2.80 bits per heavy atom. The average molecular weight is 344 g/mol. The number of likely N-dealkylation sites (N-methyl/N-ethyl adjacent to an activating group) is 1. The van der Waals surface area contributed by atoms with Crippen molar-refractivity contribution >= 4 is 5.91 Å². The first-order valence-electron chi connectivity index (χ1n) is 8.24. The zero-order chi connectivity index (χ0) is 18.0. The molecule has 1 aliphatic heterocycles. The van der Waals surface area contributed by atoms with Gasteiger partial charge in [-0.2, -0.15) is 5.10 Å². The second-order valence-corrected chi connectivity index (χ2v) is 6.84. The van der Waals surface area contributed by atoms with Gasteiger partial charge in [-0.1, -0.05) is 19.9 Å². The number of nitrogens with zero attached hydrogens (tertiary/aromatic N) is 2. The molecule has 1 atom stereocenters. The largest absolute Gasteiger partial charge is 0.454 e. The van der Waals surface area contributed by atoms with Crippen LogP contribution in [0, 0.1) is 0 Å². The van der Waals surface area contributed by atoms with E-state index in [2.05, 4.69) is 29.6 Å². The molecule has 7 heteroatoms. The van der Waals surface area contributed by atoms with Crippen molar-refractivity contribution in [3.8, 4) is 11.5 Å². The first-order valence-corrected chi connectivity index (χ1v) is 8.24. The molecule has 0 bridgehead atoms. The maximum atomic E-state index is 12.6. The van der Waals surface area contributed by atoms with Gasteiger partial charge < -0.3 is 20.1 Å². The summed E-state index contributed by atoms with van der Waals surface area (Å²) in [5.74, 6) is 1.43. The fraction of sp³-hybridized carbons (Fsp3) is 0.444. The Kier molecular flexibility index (Phi) is 4.67. The monoisotopic (exact) mass is 344 g/mol. The highest BCUT2D eigenvalue weighted by molar-refractivity contribution is 5.83. The number of carbonyl (C=O) groups excluding carboxylic acids is 1. The summed E-state index contributed by atoms with van der Waals surface area (Å²) >= 11 is 0. The Bertz CT molecular complexity index is 769. The second-order valence-electron chi connectivity index (χ2n) is 6.84. The van der Waals surface area contributed by atoms with Crippen LogP contribution in [0.25, 0.3) is 0 Å². The number of carbonyl (C=O) groups is 1. The Balaban J connectivity index is 1.67. The Morgan fingerprint density at radius 1 is 1.36 bits per heavy atom. The predicted molar refractivity (Wildman–Crippen MR) is 93.6 cm³/mol. The molecule has 0 spiro atoms. The standard InChI is InChI=1S/C18H24N4O3/c1-18(2,13-5-6-14-15(7-13)25-11-24-14)10-20-17(23)16(19-3)12-8-21-22(4)9-12/h5-9,16,19H,10-11H2,1-4H3,(H,20,23). The third-order valence-corrected chi connectivity index (χ3v) is 4.47. The van der Waals surface area contributed by atoms with Gasteiger partial charge in [0.25, 0.3) is 0 Å². The van der Waals surface area contributed by atoms with Crippen LogP contribution in [0.1, 0.15) is 31.0 Å². The highest BCUT2D eigenvalue weighted by Gasteiger charge is 2.27. The van der Waals surface area contributed by atoms with Crippen LogP contribution in [0.15, 0.2) is 30.6 Å². The molecule has 0 radical (unpaired) electrons. The quantitative estimate of drug-likeness (QED) is 0.830. The molecule has 0 fully saturated rings. The molecule has 0 saturated carbocycles. The first kappa shape index (κ1) is 17.3. The van der Waals surface area contributed by atoms with E-state index in [0.29, 0.717) is 6.54 Å². The molecule has 0 saturated heterocycles. The van der Waals surface area contributed by atoms with Crippen molar-refractivity contribution in [2.24, 2.45) is 7.05 Å². The summed E-state index contributed by atoms with van der Waals surface area (Å²) in [6.07, 6.45) is 3.54. The normalized spacial score (nSPS) is 14.4. The number of amides is 1. The number of hydrogen-bond donors (Lipinski definition) is 2. The highest BCUT2D eigenvalue weighted by Crippen LogP contribution is 2.36. The van der Waals surface area contributed by atoms with Crippen LogP contribution in [0.2, 0.25) is 0 Å². The van der Waals surface area contributed by atoms with E-state index in [1.807, 2.05) is 31.4 Å². The van der Waals surface area contributed by atoms with Crippen LogP contribution in [0.4, 0.5) is 0 Å². The lowest BCUT2D eigenvalue weighted by Crippen LogP contribution is -2.42. The van der Waals surface area contributed by atoms with Crippen molar-refractivity contribution in [1.82, 2.24) is 20.4 Å². The maximum Gasteiger partial charge on any atom is 0.241 e. The van der Waals surface area contributed by atoms with Gasteiger partial charge in [-0.25, -0.2) is 0 Å². The maximum absolute atomic E-state index is 12.6. The summed E-state index contributed by atoms with van der Waals surface area (Å²) < 4.78 is 12.5. The van der Waals surface area contributed by atoms with Crippen molar-refractivity contribution in [3.05, 3.63) is 41.7 Å². The lowest BCUT2D eigenvalue weighted by Gasteiger charge is -2.27. The Hall–Kier alpha value is -2.54. The Morgan fingerprint density at radius 2 is 2.12 bits per heavy atom. The van der Waals surface area contributed by atoms with E-state index >= 15 is 0 Å². The number of benzene rings is 1. The molecule has 134 valence electrons. The molecule has 2 N–H and O–H groups in total. The summed E-state index contributed by atoms with van der Waals surface area (Å²) in [6.45, 7) is 4.93. The van der Waals surface area contributed by atoms with Gasteiger partial charge >= 0.3 is 0 Å². The first-order chi connectivity index (χ1) is 11.9. The molecule has 7 nitrogen and oxygen atoms in total. The van der Waals surface area contributed by atoms with E-state index in [-0.39, 0.29) is 18.1 Å². The van der Waals surface area contributed by atoms with E-state index < -0.39 is 6.04 Å². The molecule has 2 aromatic rings. The van der Waals surface area contributed by atoms with Gasteiger partial charge in [0.05, 0.1) is 6.20 Å². The lowest BCUT2D eigenvalue weighted by molar-refractivity contribution is -0.123. The molecule has 25 heavy (non-hydrogen) atoms. The molecule has 1 amide bonds. The van der Waals surface area contributed by atoms with Crippen LogP contribution in [0.3, 0.4) is 0 Å². The molecule has 1 aromatic heterocycles. The number of nitrogens with one attached hydrogen (secondary N) is 2. The molecule has 1 aromatic carbocycles. The molecule has 3 rings (SSSR count). The van der Waals surface area contributed by atoms with Gasteiger partial charge in [0.2, 0.25) is 12.7 Å². The van der Waals surface area contributed by atoms with Crippen LogP contribution in [0.5, 0.6) is 11.5 Å². The number of ether oxygens (including phenoxy) is 2. The van der Waals surface area contributed by atoms with E-state index in [0.717, 1.165) is 22.6 Å². The third-order valence-electron chi connectivity index (χ3n) is 4.47. The second kappa shape index (κ2) is 6.76. The van der Waals surface area contributed by atoms with Crippen LogP contribution in [-0.2, 0) is 17.3 Å². The Labute approximate surface area is 147 Å². The summed E-state index contributed by atoms with van der Waals surface area (Å²) in [5.41, 5.74) is 1.67. The summed E-state index contributed by atoms with van der Waals surface area (Å²) in [6, 6.07) is 5.47. The number of fused-ring (bicyclic) bond motifs is 1. The predicted octanol–water partition coefficient (Wildman–Crippen LogP) is 1.50. The molecule has 0 aliphatic carbocycles. The molecule has 1 aliphatic rings. The van der Waals surface area contributed by atoms with Crippen LogP contribution < -0.4 is 20.1 Å². The van der Waals surface area contributed by atoms with E-state index in [9.17, 15) is 4.79 Å². The lowest BCUT2D eigenvalue weighted by atomic mass is 9.84. The molecule has 1 unspecified atom stereocenters. The molecular weight excluding hydrogens is 320 g/mol. The van der Waals surface area contributed by atoms with Gasteiger partial charge in [-0.3, -0.25) is 9.48 Å². The molecular formula is C18H24N4O3. The minimum absolute atomic E-state index is 0.0793. The SMILES string of the molecule is CNC(C(=O)NCC(C)(C)c1ccc2c(c1)OCO2)c1cnn(C)c1. The van der Waals surface area contributed by atoms with Crippen LogP contribution in [-0.4, -0.2) is 36.1 Å². The van der Waals surface area contributed by atoms with Gasteiger partial charge in [-0.05, 0) is 24.7 Å². The van der Waals surface area contributed by atoms with Crippen molar-refractivity contribution in [1.29, 1.82) is 0 Å². The van der Waals surface area contributed by atoms with Gasteiger partial charge in [0, 0.05) is 30.8 Å². The minimum Gasteiger partial charge on any atom is -0.454 e. The van der Waals surface area contributed by atoms with Gasteiger partial charge in [0.1, 0.15) is 6.04 Å². The third kappa shape index (κ3) is 3.61. The van der Waals surface area contributed by atoms with Gasteiger partial charge in [0.15, 0.2) is 11.5 Å². The average Bonchev–Trinajstić information content (AvgIpc) is 3.22. The number of aryl methyl sites for hydroxylation is 1. The van der Waals surface area contributed by atoms with Crippen molar-refractivity contribution in [2.45, 2.75) is 25.3 Å². The minimum atomic E-state index is -0.429. The van der Waals surface area contributed by atoms with Crippen molar-refractivity contribution in [2.75, 3.05) is 20.4 Å². The van der Waals surface area contributed by atoms with E-state index in [4.69, 9.17) is 9.47 Å².